The number of hydrogen-bond acceptors (Lipinski definition) is 4. The molecule has 72 valence electrons. The quantitative estimate of drug-likeness (QED) is 0.720. The lowest BCUT2D eigenvalue weighted by Crippen LogP contribution is -2.10. The Morgan fingerprint density at radius 3 is 2.92 bits per heavy atom. The van der Waals surface area contributed by atoms with E-state index in [1.807, 2.05) is 6.92 Å². The SMILES string of the molecule is CCc1ncnc(NCCO)c1F. The first-order chi connectivity index (χ1) is 6.29. The third-order valence-corrected chi connectivity index (χ3v) is 1.60. The highest BCUT2D eigenvalue weighted by Crippen LogP contribution is 2.12. The first kappa shape index (κ1) is 9.85. The van der Waals surface area contributed by atoms with Gasteiger partial charge in [-0.1, -0.05) is 6.92 Å². The van der Waals surface area contributed by atoms with E-state index in [0.717, 1.165) is 0 Å². The van der Waals surface area contributed by atoms with E-state index in [4.69, 9.17) is 5.11 Å². The van der Waals surface area contributed by atoms with Gasteiger partial charge in [-0.25, -0.2) is 14.4 Å². The molecule has 0 fully saturated rings. The Bertz CT molecular complexity index is 280. The Morgan fingerprint density at radius 1 is 1.54 bits per heavy atom. The lowest BCUT2D eigenvalue weighted by Gasteiger charge is -2.05. The van der Waals surface area contributed by atoms with Crippen molar-refractivity contribution in [3.8, 4) is 0 Å². The molecule has 1 aromatic heterocycles. The van der Waals surface area contributed by atoms with Crippen LogP contribution < -0.4 is 5.32 Å². The summed E-state index contributed by atoms with van der Waals surface area (Å²) >= 11 is 0. The number of nitrogens with one attached hydrogen (secondary N) is 1. The van der Waals surface area contributed by atoms with Gasteiger partial charge < -0.3 is 10.4 Å². The fraction of sp³-hybridized carbons (Fsp3) is 0.500. The summed E-state index contributed by atoms with van der Waals surface area (Å²) in [4.78, 5) is 7.49. The second-order valence-electron chi connectivity index (χ2n) is 2.49. The molecular formula is C8H12FN3O. The topological polar surface area (TPSA) is 58.0 Å². The Kier molecular flexibility index (Phi) is 3.57. The van der Waals surface area contributed by atoms with Crippen molar-refractivity contribution in [3.05, 3.63) is 17.8 Å². The van der Waals surface area contributed by atoms with Crippen molar-refractivity contribution in [2.24, 2.45) is 0 Å². The molecule has 0 aliphatic carbocycles. The third-order valence-electron chi connectivity index (χ3n) is 1.60. The van der Waals surface area contributed by atoms with Gasteiger partial charge in [0.1, 0.15) is 6.33 Å². The van der Waals surface area contributed by atoms with E-state index in [2.05, 4.69) is 15.3 Å². The van der Waals surface area contributed by atoms with Gasteiger partial charge in [0.15, 0.2) is 11.6 Å². The number of anilines is 1. The van der Waals surface area contributed by atoms with Crippen molar-refractivity contribution < 1.29 is 9.50 Å². The molecule has 0 bridgehead atoms. The number of aliphatic hydroxyl groups excluding tert-OH is 1. The Hall–Kier alpha value is -1.23. The molecule has 0 spiro atoms. The zero-order valence-electron chi connectivity index (χ0n) is 7.42. The molecule has 13 heavy (non-hydrogen) atoms. The van der Waals surface area contributed by atoms with Crippen LogP contribution in [-0.4, -0.2) is 28.2 Å². The second-order valence-corrected chi connectivity index (χ2v) is 2.49. The van der Waals surface area contributed by atoms with E-state index in [1.54, 1.807) is 0 Å². The van der Waals surface area contributed by atoms with E-state index < -0.39 is 5.82 Å². The first-order valence-electron chi connectivity index (χ1n) is 4.13. The zero-order valence-corrected chi connectivity index (χ0v) is 7.42. The lowest BCUT2D eigenvalue weighted by molar-refractivity contribution is 0.310. The van der Waals surface area contributed by atoms with Gasteiger partial charge >= 0.3 is 0 Å². The Labute approximate surface area is 75.8 Å². The molecule has 0 saturated heterocycles. The van der Waals surface area contributed by atoms with Gasteiger partial charge in [0.05, 0.1) is 12.3 Å². The van der Waals surface area contributed by atoms with Crippen LogP contribution in [0.2, 0.25) is 0 Å². The molecule has 1 heterocycles. The van der Waals surface area contributed by atoms with Crippen molar-refractivity contribution in [1.82, 2.24) is 9.97 Å². The molecule has 0 saturated carbocycles. The molecule has 0 unspecified atom stereocenters. The van der Waals surface area contributed by atoms with Gasteiger partial charge in [0, 0.05) is 6.54 Å². The summed E-state index contributed by atoms with van der Waals surface area (Å²) in [6, 6.07) is 0. The maximum absolute atomic E-state index is 13.3. The van der Waals surface area contributed by atoms with Gasteiger partial charge in [-0.05, 0) is 6.42 Å². The second kappa shape index (κ2) is 4.71. The van der Waals surface area contributed by atoms with Gasteiger partial charge in [-0.2, -0.15) is 0 Å². The van der Waals surface area contributed by atoms with Crippen LogP contribution in [0.1, 0.15) is 12.6 Å². The van der Waals surface area contributed by atoms with E-state index >= 15 is 0 Å². The number of aliphatic hydroxyl groups is 1. The zero-order chi connectivity index (χ0) is 9.68. The van der Waals surface area contributed by atoms with Crippen LogP contribution in [-0.2, 0) is 6.42 Å². The largest absolute Gasteiger partial charge is 0.395 e. The summed E-state index contributed by atoms with van der Waals surface area (Å²) in [5.41, 5.74) is 0.385. The van der Waals surface area contributed by atoms with Crippen LogP contribution in [0.3, 0.4) is 0 Å². The van der Waals surface area contributed by atoms with Crippen molar-refractivity contribution >= 4 is 5.82 Å². The number of nitrogens with zero attached hydrogens (tertiary/aromatic N) is 2. The van der Waals surface area contributed by atoms with Crippen molar-refractivity contribution in [3.63, 3.8) is 0 Å². The number of rotatable bonds is 4. The molecular weight excluding hydrogens is 173 g/mol. The standard InChI is InChI=1S/C8H12FN3O/c1-2-6-7(9)8(10-3-4-13)12-5-11-6/h5,13H,2-4H2,1H3,(H,10,11,12). The summed E-state index contributed by atoms with van der Waals surface area (Å²) in [7, 11) is 0. The van der Waals surface area contributed by atoms with Crippen LogP contribution >= 0.6 is 0 Å². The monoisotopic (exact) mass is 185 g/mol. The molecule has 0 atom stereocenters. The van der Waals surface area contributed by atoms with E-state index in [1.165, 1.54) is 6.33 Å². The fourth-order valence-corrected chi connectivity index (χ4v) is 0.950. The fourth-order valence-electron chi connectivity index (χ4n) is 0.950. The molecule has 5 heteroatoms. The van der Waals surface area contributed by atoms with E-state index in [0.29, 0.717) is 12.1 Å². The highest BCUT2D eigenvalue weighted by Gasteiger charge is 2.07. The minimum absolute atomic E-state index is 0.0507. The van der Waals surface area contributed by atoms with Crippen LogP contribution in [0.5, 0.6) is 0 Å². The maximum Gasteiger partial charge on any atom is 0.186 e. The molecule has 1 rings (SSSR count). The van der Waals surface area contributed by atoms with Crippen molar-refractivity contribution in [2.45, 2.75) is 13.3 Å². The molecule has 0 radical (unpaired) electrons. The smallest absolute Gasteiger partial charge is 0.186 e. The van der Waals surface area contributed by atoms with Gasteiger partial charge in [-0.15, -0.1) is 0 Å². The first-order valence-corrected chi connectivity index (χ1v) is 4.13. The molecule has 0 amide bonds. The number of aromatic nitrogens is 2. The van der Waals surface area contributed by atoms with Crippen molar-refractivity contribution in [1.29, 1.82) is 0 Å². The molecule has 2 N–H and O–H groups in total. The summed E-state index contributed by atoms with van der Waals surface area (Å²) < 4.78 is 13.3. The maximum atomic E-state index is 13.3. The highest BCUT2D eigenvalue weighted by molar-refractivity contribution is 5.37. The molecule has 0 aromatic carbocycles. The molecule has 0 aliphatic rings. The van der Waals surface area contributed by atoms with Crippen molar-refractivity contribution in [2.75, 3.05) is 18.5 Å². The lowest BCUT2D eigenvalue weighted by atomic mass is 10.3. The molecule has 4 nitrogen and oxygen atoms in total. The summed E-state index contributed by atoms with van der Waals surface area (Å²) in [6.45, 7) is 2.06. The predicted octanol–water partition coefficient (Wildman–Crippen LogP) is 0.582. The normalized spacial score (nSPS) is 10.1. The van der Waals surface area contributed by atoms with Crippen LogP contribution in [0.15, 0.2) is 6.33 Å². The number of halogens is 1. The summed E-state index contributed by atoms with van der Waals surface area (Å²) in [5, 5.41) is 11.2. The minimum Gasteiger partial charge on any atom is -0.395 e. The minimum atomic E-state index is -0.432. The van der Waals surface area contributed by atoms with E-state index in [9.17, 15) is 4.39 Å². The highest BCUT2D eigenvalue weighted by atomic mass is 19.1. The predicted molar refractivity (Wildman–Crippen MR) is 46.9 cm³/mol. The van der Waals surface area contributed by atoms with E-state index in [-0.39, 0.29) is 19.0 Å². The third kappa shape index (κ3) is 2.35. The van der Waals surface area contributed by atoms with Crippen LogP contribution in [0.25, 0.3) is 0 Å². The average Bonchev–Trinajstić information content (AvgIpc) is 2.16. The van der Waals surface area contributed by atoms with Gasteiger partial charge in [0.2, 0.25) is 0 Å². The Balaban J connectivity index is 2.81. The number of hydrogen-bond donors (Lipinski definition) is 2. The molecule has 0 aliphatic heterocycles. The molecule has 1 aromatic rings. The summed E-state index contributed by atoms with van der Waals surface area (Å²) in [6.07, 6.45) is 1.84. The van der Waals surface area contributed by atoms with Crippen LogP contribution in [0, 0.1) is 5.82 Å². The number of aryl methyl sites for hydroxylation is 1. The Morgan fingerprint density at radius 2 is 2.31 bits per heavy atom. The van der Waals surface area contributed by atoms with Gasteiger partial charge in [-0.3, -0.25) is 0 Å². The average molecular weight is 185 g/mol. The summed E-state index contributed by atoms with van der Waals surface area (Å²) in [5.74, 6) is -0.278. The van der Waals surface area contributed by atoms with Crippen LogP contribution in [0.4, 0.5) is 10.2 Å². The van der Waals surface area contributed by atoms with Gasteiger partial charge in [0.25, 0.3) is 0 Å².